The molecule has 0 aliphatic carbocycles. The molecule has 0 spiro atoms. The number of aryl methyl sites for hydroxylation is 1. The van der Waals surface area contributed by atoms with E-state index in [1.807, 2.05) is 13.0 Å². The van der Waals surface area contributed by atoms with Crippen molar-refractivity contribution in [1.82, 2.24) is 9.88 Å². The maximum Gasteiger partial charge on any atom is 0.246 e. The van der Waals surface area contributed by atoms with Crippen LogP contribution in [0.2, 0.25) is 0 Å². The Kier molecular flexibility index (Phi) is 5.94. The molecule has 0 aromatic carbocycles. The second kappa shape index (κ2) is 8.21. The summed E-state index contributed by atoms with van der Waals surface area (Å²) in [6, 6.07) is 1.91. The van der Waals surface area contributed by atoms with Gasteiger partial charge in [-0.15, -0.1) is 0 Å². The first-order valence-corrected chi connectivity index (χ1v) is 11.1. The second-order valence-electron chi connectivity index (χ2n) is 7.10. The van der Waals surface area contributed by atoms with E-state index in [9.17, 15) is 18.0 Å². The average molecular weight is 391 g/mol. The maximum absolute atomic E-state index is 12.2. The lowest BCUT2D eigenvalue weighted by molar-refractivity contribution is -0.129. The van der Waals surface area contributed by atoms with E-state index in [2.05, 4.69) is 10.3 Å². The van der Waals surface area contributed by atoms with E-state index in [0.29, 0.717) is 25.1 Å². The summed E-state index contributed by atoms with van der Waals surface area (Å²) in [6.07, 6.45) is 8.38. The summed E-state index contributed by atoms with van der Waals surface area (Å²) in [5.74, 6) is 0.556. The van der Waals surface area contributed by atoms with E-state index in [1.165, 1.54) is 6.08 Å². The van der Waals surface area contributed by atoms with Crippen molar-refractivity contribution >= 4 is 33.5 Å². The highest BCUT2D eigenvalue weighted by Gasteiger charge is 2.38. The predicted molar refractivity (Wildman–Crippen MR) is 104 cm³/mol. The van der Waals surface area contributed by atoms with Crippen molar-refractivity contribution in [3.63, 3.8) is 0 Å². The van der Waals surface area contributed by atoms with E-state index in [1.54, 1.807) is 17.2 Å². The molecule has 0 unspecified atom stereocenters. The van der Waals surface area contributed by atoms with Crippen LogP contribution in [0.4, 0.5) is 5.82 Å². The Balaban J connectivity index is 1.52. The molecule has 0 saturated carbocycles. The van der Waals surface area contributed by atoms with E-state index < -0.39 is 15.1 Å². The monoisotopic (exact) mass is 391 g/mol. The number of carbonyl (C=O) groups is 2. The third-order valence-corrected chi connectivity index (χ3v) is 7.16. The molecule has 146 valence electrons. The lowest BCUT2D eigenvalue weighted by Gasteiger charge is -2.38. The van der Waals surface area contributed by atoms with Crippen LogP contribution in [-0.2, 0) is 25.8 Å². The minimum Gasteiger partial charge on any atom is -0.336 e. The van der Waals surface area contributed by atoms with Gasteiger partial charge in [0, 0.05) is 31.8 Å². The number of nitrogens with one attached hydrogen (secondary N) is 1. The van der Waals surface area contributed by atoms with Crippen LogP contribution in [0.3, 0.4) is 0 Å². The summed E-state index contributed by atoms with van der Waals surface area (Å²) in [6.45, 7) is 2.58. The number of aromatic nitrogens is 1. The number of pyridine rings is 1. The molecule has 2 aliphatic rings. The molecule has 1 aromatic heterocycles. The summed E-state index contributed by atoms with van der Waals surface area (Å²) in [5, 5.41) is 2.29. The van der Waals surface area contributed by atoms with E-state index >= 15 is 0 Å². The number of hydrogen-bond donors (Lipinski definition) is 1. The first-order chi connectivity index (χ1) is 12.9. The highest BCUT2D eigenvalue weighted by molar-refractivity contribution is 7.92. The molecular weight excluding hydrogens is 366 g/mol. The number of carbonyl (C=O) groups excluding carboxylic acids is 2. The molecule has 1 saturated heterocycles. The zero-order chi connectivity index (χ0) is 19.4. The van der Waals surface area contributed by atoms with Gasteiger partial charge in [-0.1, -0.05) is 19.8 Å². The topological polar surface area (TPSA) is 96.4 Å². The SMILES string of the molecule is CCCCCS(=O)(=O)C1CN(C(=O)C=Cc2cnc3c(c2)CCC(=O)N3)C1. The van der Waals surface area contributed by atoms with Gasteiger partial charge in [0.15, 0.2) is 9.84 Å². The van der Waals surface area contributed by atoms with E-state index in [0.717, 1.165) is 24.0 Å². The number of nitrogens with zero attached hydrogens (tertiary/aromatic N) is 2. The summed E-state index contributed by atoms with van der Waals surface area (Å²) < 4.78 is 24.4. The van der Waals surface area contributed by atoms with E-state index in [4.69, 9.17) is 0 Å². The van der Waals surface area contributed by atoms with Crippen LogP contribution >= 0.6 is 0 Å². The van der Waals surface area contributed by atoms with Gasteiger partial charge in [-0.3, -0.25) is 9.59 Å². The van der Waals surface area contributed by atoms with Crippen molar-refractivity contribution < 1.29 is 18.0 Å². The third kappa shape index (κ3) is 4.74. The summed E-state index contributed by atoms with van der Waals surface area (Å²) in [7, 11) is -3.11. The van der Waals surface area contributed by atoms with Crippen LogP contribution in [0.5, 0.6) is 0 Å². The van der Waals surface area contributed by atoms with Crippen LogP contribution < -0.4 is 5.32 Å². The first-order valence-electron chi connectivity index (χ1n) is 9.36. The summed E-state index contributed by atoms with van der Waals surface area (Å²) in [4.78, 5) is 29.3. The van der Waals surface area contributed by atoms with Crippen LogP contribution in [0.1, 0.15) is 43.7 Å². The zero-order valence-corrected chi connectivity index (χ0v) is 16.3. The zero-order valence-electron chi connectivity index (χ0n) is 15.5. The summed E-state index contributed by atoms with van der Waals surface area (Å²) in [5.41, 5.74) is 1.73. The molecule has 1 N–H and O–H groups in total. The van der Waals surface area contributed by atoms with Crippen molar-refractivity contribution in [3.8, 4) is 0 Å². The van der Waals surface area contributed by atoms with Gasteiger partial charge in [0.25, 0.3) is 0 Å². The van der Waals surface area contributed by atoms with Crippen LogP contribution in [0, 0.1) is 0 Å². The van der Waals surface area contributed by atoms with Crippen LogP contribution in [0.25, 0.3) is 6.08 Å². The quantitative estimate of drug-likeness (QED) is 0.565. The Hall–Kier alpha value is -2.22. The number of sulfone groups is 1. The molecule has 2 amide bonds. The Morgan fingerprint density at radius 3 is 2.85 bits per heavy atom. The van der Waals surface area contributed by atoms with Gasteiger partial charge in [-0.25, -0.2) is 13.4 Å². The third-order valence-electron chi connectivity index (χ3n) is 4.99. The fourth-order valence-electron chi connectivity index (χ4n) is 3.20. The molecule has 3 heterocycles. The van der Waals surface area contributed by atoms with E-state index in [-0.39, 0.29) is 30.7 Å². The number of amides is 2. The molecule has 3 rings (SSSR count). The molecular formula is C19H25N3O4S. The molecule has 27 heavy (non-hydrogen) atoms. The van der Waals surface area contributed by atoms with Crippen molar-refractivity contribution in [2.24, 2.45) is 0 Å². The average Bonchev–Trinajstić information content (AvgIpc) is 2.58. The Morgan fingerprint density at radius 2 is 2.11 bits per heavy atom. The van der Waals surface area contributed by atoms with Crippen LogP contribution in [-0.4, -0.2) is 54.2 Å². The number of unbranched alkanes of at least 4 members (excludes halogenated alkanes) is 2. The minimum absolute atomic E-state index is 0.0366. The van der Waals surface area contributed by atoms with Crippen molar-refractivity contribution in [3.05, 3.63) is 29.5 Å². The Morgan fingerprint density at radius 1 is 1.33 bits per heavy atom. The Bertz CT molecular complexity index is 858. The van der Waals surface area contributed by atoms with Gasteiger partial charge >= 0.3 is 0 Å². The fourth-order valence-corrected chi connectivity index (χ4v) is 4.96. The smallest absolute Gasteiger partial charge is 0.246 e. The van der Waals surface area contributed by atoms with Gasteiger partial charge in [0.2, 0.25) is 11.8 Å². The highest BCUT2D eigenvalue weighted by Crippen LogP contribution is 2.22. The first kappa shape index (κ1) is 19.5. The van der Waals surface area contributed by atoms with Gasteiger partial charge in [-0.2, -0.15) is 0 Å². The lowest BCUT2D eigenvalue weighted by atomic mass is 10.0. The number of likely N-dealkylation sites (tertiary alicyclic amines) is 1. The standard InChI is InChI=1S/C19H25N3O4S/c1-2-3-4-9-27(25,26)16-12-22(13-16)18(24)8-5-14-10-15-6-7-17(23)21-19(15)20-11-14/h5,8,10-11,16H,2-4,6-7,9,12-13H2,1H3,(H,20,21,23). The number of fused-ring (bicyclic) bond motifs is 1. The van der Waals surface area contributed by atoms with Gasteiger partial charge < -0.3 is 10.2 Å². The van der Waals surface area contributed by atoms with Gasteiger partial charge in [0.1, 0.15) is 5.82 Å². The fraction of sp³-hybridized carbons (Fsp3) is 0.526. The molecule has 7 nitrogen and oxygen atoms in total. The van der Waals surface area contributed by atoms with Crippen LogP contribution in [0.15, 0.2) is 18.3 Å². The minimum atomic E-state index is -3.11. The number of hydrogen-bond acceptors (Lipinski definition) is 5. The maximum atomic E-state index is 12.2. The van der Waals surface area contributed by atoms with Gasteiger partial charge in [-0.05, 0) is 36.1 Å². The van der Waals surface area contributed by atoms with Crippen molar-refractivity contribution in [1.29, 1.82) is 0 Å². The molecule has 0 radical (unpaired) electrons. The second-order valence-corrected chi connectivity index (χ2v) is 9.50. The lowest BCUT2D eigenvalue weighted by Crippen LogP contribution is -2.56. The molecule has 0 bridgehead atoms. The Labute approximate surface area is 159 Å². The summed E-state index contributed by atoms with van der Waals surface area (Å²) >= 11 is 0. The number of rotatable bonds is 7. The van der Waals surface area contributed by atoms with Crippen molar-refractivity contribution in [2.45, 2.75) is 44.3 Å². The molecule has 2 aliphatic heterocycles. The largest absolute Gasteiger partial charge is 0.336 e. The van der Waals surface area contributed by atoms with Crippen molar-refractivity contribution in [2.75, 3.05) is 24.2 Å². The number of anilines is 1. The normalized spacial score (nSPS) is 17.5. The molecule has 0 atom stereocenters. The molecule has 8 heteroatoms. The van der Waals surface area contributed by atoms with Gasteiger partial charge in [0.05, 0.1) is 11.0 Å². The highest BCUT2D eigenvalue weighted by atomic mass is 32.2. The predicted octanol–water partition coefficient (Wildman–Crippen LogP) is 1.80. The molecule has 1 aromatic rings. The molecule has 1 fully saturated rings.